The Morgan fingerprint density at radius 3 is 3.05 bits per heavy atom. The first-order valence-corrected chi connectivity index (χ1v) is 7.37. The number of thiophene rings is 1. The summed E-state index contributed by atoms with van der Waals surface area (Å²) in [7, 11) is 0. The normalized spacial score (nSPS) is 22.2. The predicted octanol–water partition coefficient (Wildman–Crippen LogP) is 1.43. The summed E-state index contributed by atoms with van der Waals surface area (Å²) in [6, 6.07) is 0. The summed E-state index contributed by atoms with van der Waals surface area (Å²) in [6.07, 6.45) is 4.34. The number of amides is 1. The lowest BCUT2D eigenvalue weighted by atomic mass is 10.0. The van der Waals surface area contributed by atoms with Crippen LogP contribution in [0, 0.1) is 5.92 Å². The summed E-state index contributed by atoms with van der Waals surface area (Å²) >= 11 is 1.27. The summed E-state index contributed by atoms with van der Waals surface area (Å²) in [6.45, 7) is 3.40. The Labute approximate surface area is 120 Å². The van der Waals surface area contributed by atoms with E-state index in [4.69, 9.17) is 10.5 Å². The highest BCUT2D eigenvalue weighted by molar-refractivity contribution is 7.21. The van der Waals surface area contributed by atoms with Crippen LogP contribution >= 0.6 is 11.3 Å². The molecule has 3 N–H and O–H groups in total. The molecule has 0 aromatic carbocycles. The third-order valence-corrected chi connectivity index (χ3v) is 4.73. The van der Waals surface area contributed by atoms with Gasteiger partial charge in [0.1, 0.15) is 15.2 Å². The SMILES string of the molecule is CC1OCCC1CNC(=O)c1sc2nccnc2c1N. The highest BCUT2D eigenvalue weighted by Crippen LogP contribution is 2.30. The Morgan fingerprint density at radius 1 is 1.55 bits per heavy atom. The first kappa shape index (κ1) is 13.3. The average molecular weight is 292 g/mol. The number of nitrogen functional groups attached to an aromatic ring is 1. The summed E-state index contributed by atoms with van der Waals surface area (Å²) in [5.74, 6) is 0.206. The number of fused-ring (bicyclic) bond motifs is 1. The zero-order chi connectivity index (χ0) is 14.1. The number of nitrogens with two attached hydrogens (primary N) is 1. The van der Waals surface area contributed by atoms with Crippen molar-refractivity contribution in [3.63, 3.8) is 0 Å². The van der Waals surface area contributed by atoms with Crippen molar-refractivity contribution in [1.29, 1.82) is 0 Å². The number of nitrogens with one attached hydrogen (secondary N) is 1. The Bertz CT molecular complexity index is 642. The number of rotatable bonds is 3. The van der Waals surface area contributed by atoms with Crippen LogP contribution in [0.1, 0.15) is 23.0 Å². The first-order valence-electron chi connectivity index (χ1n) is 6.55. The minimum atomic E-state index is -0.161. The fourth-order valence-electron chi connectivity index (χ4n) is 2.36. The van der Waals surface area contributed by atoms with Crippen LogP contribution in [0.25, 0.3) is 10.3 Å². The van der Waals surface area contributed by atoms with Gasteiger partial charge in [-0.05, 0) is 13.3 Å². The van der Waals surface area contributed by atoms with Crippen LogP contribution in [0.5, 0.6) is 0 Å². The minimum Gasteiger partial charge on any atom is -0.396 e. The lowest BCUT2D eigenvalue weighted by Gasteiger charge is -2.14. The molecular formula is C13H16N4O2S. The van der Waals surface area contributed by atoms with Gasteiger partial charge in [-0.1, -0.05) is 0 Å². The molecule has 1 saturated heterocycles. The maximum atomic E-state index is 12.2. The van der Waals surface area contributed by atoms with Gasteiger partial charge in [0, 0.05) is 31.5 Å². The second-order valence-corrected chi connectivity index (χ2v) is 5.89. The quantitative estimate of drug-likeness (QED) is 0.893. The lowest BCUT2D eigenvalue weighted by molar-refractivity contribution is 0.0911. The zero-order valence-corrected chi connectivity index (χ0v) is 11.9. The van der Waals surface area contributed by atoms with Crippen molar-refractivity contribution in [3.8, 4) is 0 Å². The van der Waals surface area contributed by atoms with Crippen LogP contribution in [0.15, 0.2) is 12.4 Å². The van der Waals surface area contributed by atoms with Gasteiger partial charge in [0.05, 0.1) is 11.8 Å². The van der Waals surface area contributed by atoms with E-state index in [9.17, 15) is 4.79 Å². The maximum Gasteiger partial charge on any atom is 0.263 e. The molecule has 3 heterocycles. The third kappa shape index (κ3) is 2.34. The third-order valence-electron chi connectivity index (χ3n) is 3.63. The standard InChI is InChI=1S/C13H16N4O2S/c1-7-8(2-5-19-7)6-17-12(18)11-9(14)10-13(20-11)16-4-3-15-10/h3-4,7-8H,2,5-6,14H2,1H3,(H,17,18). The van der Waals surface area contributed by atoms with E-state index in [-0.39, 0.29) is 12.0 Å². The van der Waals surface area contributed by atoms with Crippen molar-refractivity contribution in [2.24, 2.45) is 5.92 Å². The molecule has 3 rings (SSSR count). The molecule has 106 valence electrons. The topological polar surface area (TPSA) is 90.1 Å². The van der Waals surface area contributed by atoms with Crippen LogP contribution in [0.2, 0.25) is 0 Å². The molecule has 2 aromatic heterocycles. The molecule has 2 unspecified atom stereocenters. The van der Waals surface area contributed by atoms with Crippen molar-refractivity contribution in [1.82, 2.24) is 15.3 Å². The molecule has 6 nitrogen and oxygen atoms in total. The van der Waals surface area contributed by atoms with Gasteiger partial charge >= 0.3 is 0 Å². The van der Waals surface area contributed by atoms with Crippen LogP contribution in [-0.4, -0.2) is 35.1 Å². The maximum absolute atomic E-state index is 12.2. The average Bonchev–Trinajstić information content (AvgIpc) is 3.01. The number of carbonyl (C=O) groups excluding carboxylic acids is 1. The van der Waals surface area contributed by atoms with Gasteiger partial charge in [-0.25, -0.2) is 9.97 Å². The molecule has 1 fully saturated rings. The minimum absolute atomic E-state index is 0.161. The van der Waals surface area contributed by atoms with Crippen molar-refractivity contribution < 1.29 is 9.53 Å². The van der Waals surface area contributed by atoms with E-state index in [1.54, 1.807) is 12.4 Å². The van der Waals surface area contributed by atoms with E-state index in [1.807, 2.05) is 6.92 Å². The fraction of sp³-hybridized carbons (Fsp3) is 0.462. The van der Waals surface area contributed by atoms with E-state index in [1.165, 1.54) is 11.3 Å². The van der Waals surface area contributed by atoms with Crippen molar-refractivity contribution in [2.75, 3.05) is 18.9 Å². The lowest BCUT2D eigenvalue weighted by Crippen LogP contribution is -2.31. The smallest absolute Gasteiger partial charge is 0.263 e. The largest absolute Gasteiger partial charge is 0.396 e. The molecule has 1 amide bonds. The number of carbonyl (C=O) groups is 1. The van der Waals surface area contributed by atoms with Crippen LogP contribution < -0.4 is 11.1 Å². The molecule has 1 aliphatic heterocycles. The van der Waals surface area contributed by atoms with Gasteiger partial charge in [-0.3, -0.25) is 4.79 Å². The molecular weight excluding hydrogens is 276 g/mol. The molecule has 7 heteroatoms. The van der Waals surface area contributed by atoms with Crippen molar-refractivity contribution in [2.45, 2.75) is 19.4 Å². The number of hydrogen-bond acceptors (Lipinski definition) is 6. The van der Waals surface area contributed by atoms with Gasteiger partial charge in [0.2, 0.25) is 0 Å². The number of ether oxygens (including phenoxy) is 1. The van der Waals surface area contributed by atoms with E-state index in [2.05, 4.69) is 15.3 Å². The second kappa shape index (κ2) is 5.34. The molecule has 1 aliphatic rings. The molecule has 2 atom stereocenters. The van der Waals surface area contributed by atoms with Gasteiger partial charge in [-0.2, -0.15) is 0 Å². The monoisotopic (exact) mass is 292 g/mol. The Balaban J connectivity index is 1.74. The molecule has 2 aromatic rings. The van der Waals surface area contributed by atoms with Crippen LogP contribution in [-0.2, 0) is 4.74 Å². The van der Waals surface area contributed by atoms with Gasteiger partial charge in [0.15, 0.2) is 0 Å². The van der Waals surface area contributed by atoms with Gasteiger partial charge < -0.3 is 15.8 Å². The molecule has 0 aliphatic carbocycles. The van der Waals surface area contributed by atoms with Crippen molar-refractivity contribution >= 4 is 33.3 Å². The molecule has 0 bridgehead atoms. The summed E-state index contributed by atoms with van der Waals surface area (Å²) < 4.78 is 5.48. The zero-order valence-electron chi connectivity index (χ0n) is 11.1. The van der Waals surface area contributed by atoms with Crippen LogP contribution in [0.3, 0.4) is 0 Å². The summed E-state index contributed by atoms with van der Waals surface area (Å²) in [5, 5.41) is 2.93. The van der Waals surface area contributed by atoms with Gasteiger partial charge in [-0.15, -0.1) is 11.3 Å². The van der Waals surface area contributed by atoms with E-state index in [0.29, 0.717) is 33.4 Å². The molecule has 0 saturated carbocycles. The molecule has 20 heavy (non-hydrogen) atoms. The van der Waals surface area contributed by atoms with Crippen molar-refractivity contribution in [3.05, 3.63) is 17.3 Å². The second-order valence-electron chi connectivity index (χ2n) is 4.89. The Morgan fingerprint density at radius 2 is 2.35 bits per heavy atom. The number of nitrogens with zero attached hydrogens (tertiary/aromatic N) is 2. The first-order chi connectivity index (χ1) is 9.66. The van der Waals surface area contributed by atoms with E-state index < -0.39 is 0 Å². The number of anilines is 1. The van der Waals surface area contributed by atoms with E-state index in [0.717, 1.165) is 13.0 Å². The Kier molecular flexibility index (Phi) is 3.54. The predicted molar refractivity (Wildman–Crippen MR) is 77.7 cm³/mol. The van der Waals surface area contributed by atoms with Gasteiger partial charge in [0.25, 0.3) is 5.91 Å². The van der Waals surface area contributed by atoms with Crippen LogP contribution in [0.4, 0.5) is 5.69 Å². The number of hydrogen-bond donors (Lipinski definition) is 2. The van der Waals surface area contributed by atoms with E-state index >= 15 is 0 Å². The highest BCUT2D eigenvalue weighted by atomic mass is 32.1. The highest BCUT2D eigenvalue weighted by Gasteiger charge is 2.25. The molecule has 0 radical (unpaired) electrons. The number of aromatic nitrogens is 2. The summed E-state index contributed by atoms with van der Waals surface area (Å²) in [5.41, 5.74) is 6.98. The fourth-order valence-corrected chi connectivity index (χ4v) is 3.30. The summed E-state index contributed by atoms with van der Waals surface area (Å²) in [4.78, 5) is 21.7. The Hall–Kier alpha value is -1.73. The molecule has 0 spiro atoms.